The monoisotopic (exact) mass is 404 g/mol. The summed E-state index contributed by atoms with van der Waals surface area (Å²) in [5.41, 5.74) is -1.01. The molecule has 1 aliphatic carbocycles. The Morgan fingerprint density at radius 1 is 1.31 bits per heavy atom. The molecule has 5 atom stereocenters. The fourth-order valence-electron chi connectivity index (χ4n) is 3.66. The van der Waals surface area contributed by atoms with Crippen LogP contribution in [-0.4, -0.2) is 41.5 Å². The Kier molecular flexibility index (Phi) is 6.82. The summed E-state index contributed by atoms with van der Waals surface area (Å²) in [6.45, 7) is 11.7. The average molecular weight is 404 g/mol. The lowest BCUT2D eigenvalue weighted by Crippen LogP contribution is -2.47. The largest absolute Gasteiger partial charge is 0.458 e. The third-order valence-electron chi connectivity index (χ3n) is 5.40. The van der Waals surface area contributed by atoms with Gasteiger partial charge in [-0.05, 0) is 39.2 Å². The summed E-state index contributed by atoms with van der Waals surface area (Å²) >= 11 is 0. The van der Waals surface area contributed by atoms with Crippen molar-refractivity contribution in [3.05, 3.63) is 36.0 Å². The summed E-state index contributed by atoms with van der Waals surface area (Å²) in [7, 11) is 0. The van der Waals surface area contributed by atoms with E-state index in [1.807, 2.05) is 6.92 Å². The van der Waals surface area contributed by atoms with Crippen LogP contribution in [0.4, 0.5) is 0 Å². The second kappa shape index (κ2) is 8.76. The van der Waals surface area contributed by atoms with Crippen molar-refractivity contribution in [1.82, 2.24) is 0 Å². The minimum Gasteiger partial charge on any atom is -0.458 e. The Labute approximate surface area is 170 Å². The van der Waals surface area contributed by atoms with Crippen molar-refractivity contribution in [3.63, 3.8) is 0 Å². The molecular formula is C22H28O7. The first-order valence-corrected chi connectivity index (χ1v) is 9.64. The van der Waals surface area contributed by atoms with E-state index < -0.39 is 47.4 Å². The fourth-order valence-corrected chi connectivity index (χ4v) is 3.66. The quantitative estimate of drug-likeness (QED) is 0.405. The number of ether oxygens (including phenoxy) is 3. The molecule has 158 valence electrons. The zero-order valence-electron chi connectivity index (χ0n) is 17.5. The molecule has 1 fully saturated rings. The molecule has 7 heteroatoms. The first-order chi connectivity index (χ1) is 13.5. The highest BCUT2D eigenvalue weighted by Crippen LogP contribution is 2.39. The highest BCUT2D eigenvalue weighted by atomic mass is 16.6. The van der Waals surface area contributed by atoms with Crippen molar-refractivity contribution >= 4 is 23.7 Å². The molecule has 0 aromatic carbocycles. The van der Waals surface area contributed by atoms with E-state index in [0.29, 0.717) is 12.0 Å². The van der Waals surface area contributed by atoms with Gasteiger partial charge in [0.05, 0.1) is 5.92 Å². The highest BCUT2D eigenvalue weighted by Gasteiger charge is 2.50. The Hall–Kier alpha value is -2.70. The van der Waals surface area contributed by atoms with Gasteiger partial charge in [-0.3, -0.25) is 9.59 Å². The number of carbonyl (C=O) groups is 4. The van der Waals surface area contributed by atoms with Crippen molar-refractivity contribution in [2.75, 3.05) is 0 Å². The van der Waals surface area contributed by atoms with Crippen LogP contribution in [0.3, 0.4) is 0 Å². The molecule has 0 radical (unpaired) electrons. The molecule has 1 aliphatic heterocycles. The van der Waals surface area contributed by atoms with Crippen LogP contribution in [0.5, 0.6) is 0 Å². The lowest BCUT2D eigenvalue weighted by Gasteiger charge is -2.35. The molecule has 29 heavy (non-hydrogen) atoms. The van der Waals surface area contributed by atoms with Gasteiger partial charge < -0.3 is 14.2 Å². The lowest BCUT2D eigenvalue weighted by atomic mass is 9.79. The number of rotatable bonds is 3. The molecule has 2 rings (SSSR count). The van der Waals surface area contributed by atoms with Crippen molar-refractivity contribution in [2.24, 2.45) is 11.8 Å². The van der Waals surface area contributed by atoms with Gasteiger partial charge >= 0.3 is 17.9 Å². The third-order valence-corrected chi connectivity index (χ3v) is 5.40. The highest BCUT2D eigenvalue weighted by molar-refractivity contribution is 5.98. The molecule has 0 aromatic heterocycles. The summed E-state index contributed by atoms with van der Waals surface area (Å²) in [5.74, 6) is -2.94. The molecule has 0 bridgehead atoms. The number of fused-ring (bicyclic) bond motifs is 1. The normalized spacial score (nSPS) is 34.1. The van der Waals surface area contributed by atoms with Gasteiger partial charge in [-0.1, -0.05) is 25.7 Å². The molecule has 0 saturated carbocycles. The average Bonchev–Trinajstić information content (AvgIpc) is 2.90. The predicted molar refractivity (Wildman–Crippen MR) is 105 cm³/mol. The maximum absolute atomic E-state index is 12.9. The molecule has 0 N–H and O–H groups in total. The van der Waals surface area contributed by atoms with Gasteiger partial charge in [0, 0.05) is 24.5 Å². The van der Waals surface area contributed by atoms with Gasteiger partial charge in [-0.2, -0.15) is 0 Å². The number of hydrogen-bond acceptors (Lipinski definition) is 7. The van der Waals surface area contributed by atoms with Crippen LogP contribution in [0.2, 0.25) is 0 Å². The van der Waals surface area contributed by atoms with Crippen LogP contribution in [0.25, 0.3) is 0 Å². The van der Waals surface area contributed by atoms with E-state index in [9.17, 15) is 19.2 Å². The second-order valence-electron chi connectivity index (χ2n) is 7.88. The van der Waals surface area contributed by atoms with Crippen molar-refractivity contribution < 1.29 is 33.4 Å². The molecule has 2 aliphatic rings. The Morgan fingerprint density at radius 2 is 1.97 bits per heavy atom. The molecule has 0 unspecified atom stereocenters. The Bertz CT molecular complexity index is 791. The van der Waals surface area contributed by atoms with Gasteiger partial charge in [0.2, 0.25) is 0 Å². The number of ketones is 1. The summed E-state index contributed by atoms with van der Waals surface area (Å²) in [4.78, 5) is 49.3. The van der Waals surface area contributed by atoms with Crippen LogP contribution in [0.15, 0.2) is 36.0 Å². The van der Waals surface area contributed by atoms with Crippen molar-refractivity contribution in [2.45, 2.75) is 65.3 Å². The number of carbonyl (C=O) groups excluding carboxylic acids is 4. The number of allylic oxidation sites excluding steroid dienone is 2. The van der Waals surface area contributed by atoms with Crippen LogP contribution in [-0.2, 0) is 33.4 Å². The molecule has 0 amide bonds. The van der Waals surface area contributed by atoms with Gasteiger partial charge in [-0.15, -0.1) is 0 Å². The third kappa shape index (κ3) is 5.02. The summed E-state index contributed by atoms with van der Waals surface area (Å²) in [6, 6.07) is 0. The van der Waals surface area contributed by atoms with E-state index in [1.54, 1.807) is 26.0 Å². The van der Waals surface area contributed by atoms with E-state index in [0.717, 1.165) is 0 Å². The van der Waals surface area contributed by atoms with E-state index >= 15 is 0 Å². The van der Waals surface area contributed by atoms with Gasteiger partial charge in [0.1, 0.15) is 12.2 Å². The summed E-state index contributed by atoms with van der Waals surface area (Å²) < 4.78 is 16.6. The maximum Gasteiger partial charge on any atom is 0.334 e. The second-order valence-corrected chi connectivity index (χ2v) is 7.88. The minimum absolute atomic E-state index is 0.0987. The molecule has 1 heterocycles. The van der Waals surface area contributed by atoms with Crippen LogP contribution >= 0.6 is 0 Å². The van der Waals surface area contributed by atoms with Gasteiger partial charge in [0.25, 0.3) is 0 Å². The zero-order chi connectivity index (χ0) is 21.9. The van der Waals surface area contributed by atoms with E-state index in [4.69, 9.17) is 14.2 Å². The molecule has 7 nitrogen and oxygen atoms in total. The predicted octanol–water partition coefficient (Wildman–Crippen LogP) is 2.84. The molecule has 0 spiro atoms. The van der Waals surface area contributed by atoms with Crippen LogP contribution < -0.4 is 0 Å². The van der Waals surface area contributed by atoms with Gasteiger partial charge in [-0.25, -0.2) is 9.59 Å². The Balaban J connectivity index is 2.54. The zero-order valence-corrected chi connectivity index (χ0v) is 17.5. The number of hydrogen-bond donors (Lipinski definition) is 0. The van der Waals surface area contributed by atoms with E-state index in [-0.39, 0.29) is 17.9 Å². The lowest BCUT2D eigenvalue weighted by molar-refractivity contribution is -0.169. The number of esters is 3. The standard InChI is InChI=1S/C22H28O7/c1-7-13(3)20(25)28-17-11-22(6,29-15(5)23)18(24)9-8-12(2)10-16-19(17)14(4)21(26)27-16/h7-9,12,16-17,19H,4,10-11H2,1-3,5-6H3/b9-8-,13-7-/t12-,16+,17-,19-,22+/m0/s1. The first kappa shape index (κ1) is 22.6. The molecule has 1 saturated heterocycles. The first-order valence-electron chi connectivity index (χ1n) is 9.64. The van der Waals surface area contributed by atoms with Crippen molar-refractivity contribution in [1.29, 1.82) is 0 Å². The van der Waals surface area contributed by atoms with Gasteiger partial charge in [0.15, 0.2) is 11.4 Å². The van der Waals surface area contributed by atoms with Crippen LogP contribution in [0.1, 0.15) is 47.5 Å². The molecular weight excluding hydrogens is 376 g/mol. The fraction of sp³-hybridized carbons (Fsp3) is 0.545. The van der Waals surface area contributed by atoms with Crippen LogP contribution in [0, 0.1) is 11.8 Å². The van der Waals surface area contributed by atoms with Crippen molar-refractivity contribution in [3.8, 4) is 0 Å². The smallest absolute Gasteiger partial charge is 0.334 e. The summed E-state index contributed by atoms with van der Waals surface area (Å²) in [6.07, 6.45) is 3.50. The Morgan fingerprint density at radius 3 is 2.55 bits per heavy atom. The topological polar surface area (TPSA) is 96.0 Å². The summed E-state index contributed by atoms with van der Waals surface area (Å²) in [5, 5.41) is 0. The van der Waals surface area contributed by atoms with E-state index in [1.165, 1.54) is 19.9 Å². The molecule has 0 aromatic rings. The maximum atomic E-state index is 12.9. The minimum atomic E-state index is -1.56. The SMILES string of the molecule is C=C1C(=O)O[C@@H]2C[C@@H](C)/C=C\C(=O)[C@](C)(OC(C)=O)C[C@H](OC(=O)/C(C)=C\C)[C@@H]12. The van der Waals surface area contributed by atoms with E-state index in [2.05, 4.69) is 6.58 Å².